The van der Waals surface area contributed by atoms with E-state index in [-0.39, 0.29) is 11.9 Å². The molecule has 116 valence electrons. The van der Waals surface area contributed by atoms with Crippen LogP contribution in [0.3, 0.4) is 0 Å². The Morgan fingerprint density at radius 2 is 2.18 bits per heavy atom. The second-order valence-corrected chi connectivity index (χ2v) is 5.79. The molecule has 0 saturated heterocycles. The van der Waals surface area contributed by atoms with Gasteiger partial charge in [-0.1, -0.05) is 29.8 Å². The summed E-state index contributed by atoms with van der Waals surface area (Å²) in [4.78, 5) is 14.5. The first-order chi connectivity index (χ1) is 10.6. The van der Waals surface area contributed by atoms with Crippen LogP contribution in [-0.2, 0) is 4.74 Å². The van der Waals surface area contributed by atoms with Gasteiger partial charge in [-0.3, -0.25) is 9.89 Å². The number of carbonyl (C=O) groups excluding carboxylic acids is 1. The highest BCUT2D eigenvalue weighted by Crippen LogP contribution is 2.41. The number of benzene rings is 1. The third kappa shape index (κ3) is 2.40. The lowest BCUT2D eigenvalue weighted by atomic mass is 9.99. The van der Waals surface area contributed by atoms with Gasteiger partial charge in [-0.05, 0) is 25.0 Å². The number of aromatic nitrogens is 2. The van der Waals surface area contributed by atoms with E-state index in [1.54, 1.807) is 7.11 Å². The monoisotopic (exact) mass is 319 g/mol. The molecule has 2 heterocycles. The van der Waals surface area contributed by atoms with Gasteiger partial charge in [-0.2, -0.15) is 5.10 Å². The van der Waals surface area contributed by atoms with Gasteiger partial charge >= 0.3 is 0 Å². The van der Waals surface area contributed by atoms with E-state index in [0.29, 0.717) is 23.9 Å². The van der Waals surface area contributed by atoms with Gasteiger partial charge in [0.2, 0.25) is 0 Å². The average Bonchev–Trinajstić information content (AvgIpc) is 3.01. The van der Waals surface area contributed by atoms with Gasteiger partial charge in [0.05, 0.1) is 6.04 Å². The zero-order chi connectivity index (χ0) is 15.7. The quantitative estimate of drug-likeness (QED) is 0.862. The SMILES string of the molecule is COCCCN1C(=O)c2n[nH]c(C)c2C1c1ccccc1Cl. The van der Waals surface area contributed by atoms with Crippen molar-refractivity contribution >= 4 is 17.5 Å². The van der Waals surface area contributed by atoms with E-state index in [0.717, 1.165) is 23.2 Å². The molecule has 0 spiro atoms. The van der Waals surface area contributed by atoms with Crippen LogP contribution in [0.5, 0.6) is 0 Å². The highest BCUT2D eigenvalue weighted by Gasteiger charge is 2.41. The van der Waals surface area contributed by atoms with Crippen LogP contribution in [0, 0.1) is 6.92 Å². The molecule has 1 aromatic carbocycles. The molecule has 1 aliphatic rings. The number of rotatable bonds is 5. The van der Waals surface area contributed by atoms with E-state index >= 15 is 0 Å². The zero-order valence-electron chi connectivity index (χ0n) is 12.6. The standard InChI is InChI=1S/C16H18ClN3O2/c1-10-13-14(19-18-10)16(21)20(8-5-9-22-2)15(13)11-6-3-4-7-12(11)17/h3-4,6-7,15H,5,8-9H2,1-2H3,(H,18,19). The molecule has 6 heteroatoms. The van der Waals surface area contributed by atoms with E-state index in [1.807, 2.05) is 36.1 Å². The molecule has 5 nitrogen and oxygen atoms in total. The number of methoxy groups -OCH3 is 1. The molecular formula is C16H18ClN3O2. The van der Waals surface area contributed by atoms with Crippen molar-refractivity contribution in [2.75, 3.05) is 20.3 Å². The summed E-state index contributed by atoms with van der Waals surface area (Å²) >= 11 is 6.37. The second kappa shape index (κ2) is 6.10. The van der Waals surface area contributed by atoms with E-state index < -0.39 is 0 Å². The predicted octanol–water partition coefficient (Wildman–Crippen LogP) is 2.95. The molecule has 0 bridgehead atoms. The summed E-state index contributed by atoms with van der Waals surface area (Å²) in [5.74, 6) is -0.0552. The lowest BCUT2D eigenvalue weighted by molar-refractivity contribution is 0.0723. The molecule has 1 aliphatic heterocycles. The normalized spacial score (nSPS) is 17.1. The molecule has 0 fully saturated rings. The van der Waals surface area contributed by atoms with Crippen molar-refractivity contribution in [2.24, 2.45) is 0 Å². The lowest BCUT2D eigenvalue weighted by Gasteiger charge is -2.26. The van der Waals surface area contributed by atoms with Gasteiger partial charge in [-0.25, -0.2) is 0 Å². The smallest absolute Gasteiger partial charge is 0.275 e. The van der Waals surface area contributed by atoms with Crippen molar-refractivity contribution in [3.8, 4) is 0 Å². The van der Waals surface area contributed by atoms with Gasteiger partial charge in [-0.15, -0.1) is 0 Å². The largest absolute Gasteiger partial charge is 0.385 e. The third-order valence-corrected chi connectivity index (χ3v) is 4.33. The molecule has 0 aliphatic carbocycles. The summed E-state index contributed by atoms with van der Waals surface area (Å²) < 4.78 is 5.10. The summed E-state index contributed by atoms with van der Waals surface area (Å²) in [5.41, 5.74) is 3.26. The summed E-state index contributed by atoms with van der Waals surface area (Å²) in [7, 11) is 1.66. The topological polar surface area (TPSA) is 58.2 Å². The van der Waals surface area contributed by atoms with E-state index in [1.165, 1.54) is 0 Å². The average molecular weight is 320 g/mol. The fourth-order valence-corrected chi connectivity index (χ4v) is 3.21. The molecule has 1 aromatic heterocycles. The van der Waals surface area contributed by atoms with Gasteiger partial charge in [0.15, 0.2) is 5.69 Å². The van der Waals surface area contributed by atoms with Crippen molar-refractivity contribution < 1.29 is 9.53 Å². The minimum Gasteiger partial charge on any atom is -0.385 e. The maximum absolute atomic E-state index is 12.7. The number of aryl methyl sites for hydroxylation is 1. The lowest BCUT2D eigenvalue weighted by Crippen LogP contribution is -2.31. The highest BCUT2D eigenvalue weighted by atomic mass is 35.5. The van der Waals surface area contributed by atoms with Gasteiger partial charge in [0.1, 0.15) is 0 Å². The number of ether oxygens (including phenoxy) is 1. The Bertz CT molecular complexity index is 698. The van der Waals surface area contributed by atoms with Crippen molar-refractivity contribution in [3.63, 3.8) is 0 Å². The number of nitrogens with zero attached hydrogens (tertiary/aromatic N) is 2. The van der Waals surface area contributed by atoms with E-state index in [4.69, 9.17) is 16.3 Å². The predicted molar refractivity (Wildman–Crippen MR) is 84.1 cm³/mol. The molecule has 1 amide bonds. The number of fused-ring (bicyclic) bond motifs is 1. The molecule has 1 unspecified atom stereocenters. The molecule has 22 heavy (non-hydrogen) atoms. The van der Waals surface area contributed by atoms with Crippen LogP contribution in [0.2, 0.25) is 5.02 Å². The number of nitrogens with one attached hydrogen (secondary N) is 1. The first-order valence-corrected chi connectivity index (χ1v) is 7.62. The van der Waals surface area contributed by atoms with Crippen LogP contribution >= 0.6 is 11.6 Å². The van der Waals surface area contributed by atoms with Crippen LogP contribution in [0.25, 0.3) is 0 Å². The molecule has 1 atom stereocenters. The van der Waals surface area contributed by atoms with Gasteiger partial charge < -0.3 is 9.64 Å². The van der Waals surface area contributed by atoms with Crippen LogP contribution in [0.1, 0.15) is 39.8 Å². The maximum atomic E-state index is 12.7. The number of halogens is 1. The second-order valence-electron chi connectivity index (χ2n) is 5.38. The van der Waals surface area contributed by atoms with Crippen molar-refractivity contribution in [1.29, 1.82) is 0 Å². The van der Waals surface area contributed by atoms with Crippen LogP contribution < -0.4 is 0 Å². The maximum Gasteiger partial charge on any atom is 0.275 e. The van der Waals surface area contributed by atoms with Crippen molar-refractivity contribution in [2.45, 2.75) is 19.4 Å². The Labute approximate surface area is 134 Å². The summed E-state index contributed by atoms with van der Waals surface area (Å²) in [6, 6.07) is 7.45. The summed E-state index contributed by atoms with van der Waals surface area (Å²) in [6.07, 6.45) is 0.774. The summed E-state index contributed by atoms with van der Waals surface area (Å²) in [6.45, 7) is 3.15. The Balaban J connectivity index is 2.03. The Hall–Kier alpha value is -1.85. The number of H-pyrrole nitrogens is 1. The third-order valence-electron chi connectivity index (χ3n) is 3.99. The van der Waals surface area contributed by atoms with Crippen LogP contribution in [0.15, 0.2) is 24.3 Å². The van der Waals surface area contributed by atoms with Gasteiger partial charge in [0, 0.05) is 36.5 Å². The van der Waals surface area contributed by atoms with Crippen molar-refractivity contribution in [1.82, 2.24) is 15.1 Å². The Kier molecular flexibility index (Phi) is 4.18. The molecular weight excluding hydrogens is 302 g/mol. The van der Waals surface area contributed by atoms with Crippen molar-refractivity contribution in [3.05, 3.63) is 51.8 Å². The fourth-order valence-electron chi connectivity index (χ4n) is 2.97. The molecule has 3 rings (SSSR count). The minimum absolute atomic E-state index is 0.0552. The highest BCUT2D eigenvalue weighted by molar-refractivity contribution is 6.31. The number of aromatic amines is 1. The van der Waals surface area contributed by atoms with Gasteiger partial charge in [0.25, 0.3) is 5.91 Å². The molecule has 1 N–H and O–H groups in total. The molecule has 0 saturated carbocycles. The number of hydrogen-bond donors (Lipinski definition) is 1. The first-order valence-electron chi connectivity index (χ1n) is 7.24. The fraction of sp³-hybridized carbons (Fsp3) is 0.375. The Morgan fingerprint density at radius 1 is 1.41 bits per heavy atom. The molecule has 2 aromatic rings. The number of carbonyl (C=O) groups is 1. The van der Waals surface area contributed by atoms with Crippen LogP contribution in [-0.4, -0.2) is 41.3 Å². The van der Waals surface area contributed by atoms with E-state index in [2.05, 4.69) is 10.2 Å². The molecule has 0 radical (unpaired) electrons. The number of hydrogen-bond acceptors (Lipinski definition) is 3. The van der Waals surface area contributed by atoms with Crippen LogP contribution in [0.4, 0.5) is 0 Å². The van der Waals surface area contributed by atoms with E-state index in [9.17, 15) is 4.79 Å². The zero-order valence-corrected chi connectivity index (χ0v) is 13.4. The summed E-state index contributed by atoms with van der Waals surface area (Å²) in [5, 5.41) is 7.74. The minimum atomic E-state index is -0.188. The number of amides is 1. The first kappa shape index (κ1) is 15.1. The Morgan fingerprint density at radius 3 is 2.91 bits per heavy atom.